The summed E-state index contributed by atoms with van der Waals surface area (Å²) < 4.78 is 0. The zero-order chi connectivity index (χ0) is 15.8. The first-order chi connectivity index (χ1) is 9.23. The molecule has 0 spiro atoms. The molecule has 2 fully saturated rings. The molecule has 21 heavy (non-hydrogen) atoms. The fourth-order valence-corrected chi connectivity index (χ4v) is 1.71. The van der Waals surface area contributed by atoms with Crippen molar-refractivity contribution in [2.75, 3.05) is 6.61 Å². The van der Waals surface area contributed by atoms with Gasteiger partial charge in [0.25, 0.3) is 0 Å². The highest BCUT2D eigenvalue weighted by molar-refractivity contribution is 4.89. The van der Waals surface area contributed by atoms with Gasteiger partial charge < -0.3 is 15.3 Å². The molecule has 3 nitrogen and oxygen atoms in total. The van der Waals surface area contributed by atoms with Crippen molar-refractivity contribution < 1.29 is 15.3 Å². The lowest BCUT2D eigenvalue weighted by Crippen LogP contribution is -2.41. The van der Waals surface area contributed by atoms with E-state index in [1.54, 1.807) is 0 Å². The Bertz CT molecular complexity index is 231. The Kier molecular flexibility index (Phi) is 12.6. The summed E-state index contributed by atoms with van der Waals surface area (Å²) in [6.45, 7) is 10.8. The largest absolute Gasteiger partial charge is 0.396 e. The van der Waals surface area contributed by atoms with Crippen LogP contribution in [0, 0.1) is 17.8 Å². The van der Waals surface area contributed by atoms with E-state index in [-0.39, 0.29) is 19.1 Å². The summed E-state index contributed by atoms with van der Waals surface area (Å²) in [6.07, 6.45) is 6.64. The van der Waals surface area contributed by atoms with Crippen LogP contribution in [0.15, 0.2) is 0 Å². The Balaban J connectivity index is 0. The van der Waals surface area contributed by atoms with Gasteiger partial charge in [-0.1, -0.05) is 42.0 Å². The van der Waals surface area contributed by atoms with Crippen LogP contribution in [0.1, 0.15) is 80.6 Å². The predicted octanol–water partition coefficient (Wildman–Crippen LogP) is 4.00. The first kappa shape index (κ1) is 23.2. The van der Waals surface area contributed by atoms with E-state index >= 15 is 0 Å². The Labute approximate surface area is 132 Å². The maximum Gasteiger partial charge on any atom is 0.0670 e. The van der Waals surface area contributed by atoms with Crippen LogP contribution in [0.3, 0.4) is 0 Å². The summed E-state index contributed by atoms with van der Waals surface area (Å²) in [7, 11) is 0. The lowest BCUT2D eigenvalue weighted by Gasteiger charge is -2.40. The standard InChI is InChI=1S/C7H14O.C6H14O.C4H8O.CH4/c1-6(2)7(8)4-3-5-7;1-5(2)6(3)4-7;5-4-2-1-3-4;/h6,8H,3-5H2,1-2H3;5-7H,4H2,1-3H3;4-5H,1-3H2;1H4. The number of rotatable bonds is 3. The molecule has 0 aromatic heterocycles. The number of aliphatic hydroxyl groups is 3. The third-order valence-corrected chi connectivity index (χ3v) is 4.79. The Morgan fingerprint density at radius 2 is 1.43 bits per heavy atom. The van der Waals surface area contributed by atoms with E-state index < -0.39 is 0 Å². The van der Waals surface area contributed by atoms with Crippen LogP contribution in [0.2, 0.25) is 0 Å². The third kappa shape index (κ3) is 9.49. The van der Waals surface area contributed by atoms with Crippen molar-refractivity contribution in [3.8, 4) is 0 Å². The van der Waals surface area contributed by atoms with Crippen LogP contribution < -0.4 is 0 Å². The highest BCUT2D eigenvalue weighted by Crippen LogP contribution is 2.37. The molecular weight excluding hydrogens is 264 g/mol. The molecule has 0 aromatic rings. The minimum Gasteiger partial charge on any atom is -0.396 e. The summed E-state index contributed by atoms with van der Waals surface area (Å²) in [5.74, 6) is 1.53. The molecule has 3 heteroatoms. The SMILES string of the molecule is C.CC(C)C(C)CO.CC(C)C1(O)CCC1.OC1CCC1. The number of aliphatic hydroxyl groups excluding tert-OH is 2. The molecule has 2 rings (SSSR count). The van der Waals surface area contributed by atoms with Gasteiger partial charge in [-0.15, -0.1) is 0 Å². The average Bonchev–Trinajstić information content (AvgIpc) is 2.33. The minimum atomic E-state index is -0.278. The van der Waals surface area contributed by atoms with Gasteiger partial charge in [-0.2, -0.15) is 0 Å². The Hall–Kier alpha value is -0.120. The van der Waals surface area contributed by atoms with E-state index in [4.69, 9.17) is 10.2 Å². The maximum atomic E-state index is 9.49. The van der Waals surface area contributed by atoms with E-state index in [2.05, 4.69) is 27.7 Å². The molecule has 0 saturated heterocycles. The van der Waals surface area contributed by atoms with Gasteiger partial charge in [0, 0.05) is 6.61 Å². The molecule has 2 aliphatic rings. The van der Waals surface area contributed by atoms with Crippen LogP contribution in [0.25, 0.3) is 0 Å². The molecule has 130 valence electrons. The van der Waals surface area contributed by atoms with E-state index in [0.717, 1.165) is 25.7 Å². The highest BCUT2D eigenvalue weighted by Gasteiger charge is 2.36. The molecule has 3 N–H and O–H groups in total. The third-order valence-electron chi connectivity index (χ3n) is 4.79. The smallest absolute Gasteiger partial charge is 0.0670 e. The Morgan fingerprint density at radius 3 is 1.43 bits per heavy atom. The maximum absolute atomic E-state index is 9.49. The molecular formula is C18H40O3. The van der Waals surface area contributed by atoms with Crippen molar-refractivity contribution >= 4 is 0 Å². The van der Waals surface area contributed by atoms with E-state index in [0.29, 0.717) is 24.4 Å². The van der Waals surface area contributed by atoms with Crippen LogP contribution in [0.4, 0.5) is 0 Å². The van der Waals surface area contributed by atoms with E-state index in [9.17, 15) is 5.11 Å². The number of hydrogen-bond donors (Lipinski definition) is 3. The lowest BCUT2D eigenvalue weighted by molar-refractivity contribution is -0.0719. The fourth-order valence-electron chi connectivity index (χ4n) is 1.71. The van der Waals surface area contributed by atoms with Gasteiger partial charge in [-0.3, -0.25) is 0 Å². The lowest BCUT2D eigenvalue weighted by atomic mass is 9.73. The van der Waals surface area contributed by atoms with Crippen molar-refractivity contribution in [2.24, 2.45) is 17.8 Å². The van der Waals surface area contributed by atoms with Gasteiger partial charge in [-0.05, 0) is 56.3 Å². The van der Waals surface area contributed by atoms with Crippen molar-refractivity contribution in [3.05, 3.63) is 0 Å². The van der Waals surface area contributed by atoms with E-state index in [1.807, 2.05) is 6.92 Å². The molecule has 1 atom stereocenters. The van der Waals surface area contributed by atoms with Crippen molar-refractivity contribution in [1.82, 2.24) is 0 Å². The van der Waals surface area contributed by atoms with Gasteiger partial charge in [0.15, 0.2) is 0 Å². The molecule has 0 amide bonds. The van der Waals surface area contributed by atoms with Crippen molar-refractivity contribution in [2.45, 2.75) is 92.3 Å². The van der Waals surface area contributed by atoms with Gasteiger partial charge in [-0.25, -0.2) is 0 Å². The first-order valence-corrected chi connectivity index (χ1v) is 8.24. The summed E-state index contributed by atoms with van der Waals surface area (Å²) >= 11 is 0. The van der Waals surface area contributed by atoms with Gasteiger partial charge in [0.05, 0.1) is 11.7 Å². The van der Waals surface area contributed by atoms with Crippen molar-refractivity contribution in [3.63, 3.8) is 0 Å². The molecule has 0 bridgehead atoms. The van der Waals surface area contributed by atoms with Crippen LogP contribution in [-0.4, -0.2) is 33.6 Å². The van der Waals surface area contributed by atoms with Gasteiger partial charge in [0.1, 0.15) is 0 Å². The molecule has 2 saturated carbocycles. The van der Waals surface area contributed by atoms with Gasteiger partial charge >= 0.3 is 0 Å². The number of hydrogen-bond acceptors (Lipinski definition) is 3. The van der Waals surface area contributed by atoms with Gasteiger partial charge in [0.2, 0.25) is 0 Å². The second kappa shape index (κ2) is 11.4. The quantitative estimate of drug-likeness (QED) is 0.738. The second-order valence-corrected chi connectivity index (χ2v) is 7.10. The second-order valence-electron chi connectivity index (χ2n) is 7.10. The van der Waals surface area contributed by atoms with Crippen LogP contribution in [-0.2, 0) is 0 Å². The molecule has 0 aromatic carbocycles. The summed E-state index contributed by atoms with van der Waals surface area (Å²) in [4.78, 5) is 0. The molecule has 0 aliphatic heterocycles. The molecule has 2 aliphatic carbocycles. The predicted molar refractivity (Wildman–Crippen MR) is 91.3 cm³/mol. The molecule has 1 unspecified atom stereocenters. The summed E-state index contributed by atoms with van der Waals surface area (Å²) in [5, 5.41) is 26.4. The summed E-state index contributed by atoms with van der Waals surface area (Å²) in [6, 6.07) is 0. The monoisotopic (exact) mass is 304 g/mol. The summed E-state index contributed by atoms with van der Waals surface area (Å²) in [5.41, 5.74) is -0.278. The molecule has 0 radical (unpaired) electrons. The normalized spacial score (nSPS) is 20.9. The minimum absolute atomic E-state index is 0. The van der Waals surface area contributed by atoms with Crippen LogP contribution in [0.5, 0.6) is 0 Å². The molecule has 0 heterocycles. The zero-order valence-electron chi connectivity index (χ0n) is 14.1. The average molecular weight is 305 g/mol. The van der Waals surface area contributed by atoms with E-state index in [1.165, 1.54) is 12.8 Å². The van der Waals surface area contributed by atoms with Crippen LogP contribution >= 0.6 is 0 Å². The Morgan fingerprint density at radius 1 is 1.00 bits per heavy atom. The highest BCUT2D eigenvalue weighted by atomic mass is 16.3. The fraction of sp³-hybridized carbons (Fsp3) is 1.00. The zero-order valence-corrected chi connectivity index (χ0v) is 14.1. The topological polar surface area (TPSA) is 60.7 Å². The first-order valence-electron chi connectivity index (χ1n) is 8.24. The van der Waals surface area contributed by atoms with Crippen molar-refractivity contribution in [1.29, 1.82) is 0 Å².